The monoisotopic (exact) mass is 280 g/mol. The van der Waals surface area contributed by atoms with Crippen molar-refractivity contribution in [2.45, 2.75) is 57.9 Å². The summed E-state index contributed by atoms with van der Waals surface area (Å²) in [7, 11) is 0. The third-order valence-corrected chi connectivity index (χ3v) is 3.82. The van der Waals surface area contributed by atoms with Gasteiger partial charge in [0.05, 0.1) is 0 Å². The van der Waals surface area contributed by atoms with Crippen molar-refractivity contribution in [2.24, 2.45) is 0 Å². The van der Waals surface area contributed by atoms with Crippen LogP contribution in [0.3, 0.4) is 0 Å². The molecular formula is C15H21ClN2O. The summed E-state index contributed by atoms with van der Waals surface area (Å²) >= 11 is 5.89. The van der Waals surface area contributed by atoms with Gasteiger partial charge in [-0.1, -0.05) is 43.7 Å². The lowest BCUT2D eigenvalue weighted by Crippen LogP contribution is -2.35. The fraction of sp³-hybridized carbons (Fsp3) is 0.600. The van der Waals surface area contributed by atoms with Crippen LogP contribution in [-0.4, -0.2) is 16.9 Å². The lowest BCUT2D eigenvalue weighted by Gasteiger charge is -2.21. The van der Waals surface area contributed by atoms with Gasteiger partial charge in [0, 0.05) is 17.3 Å². The topological polar surface area (TPSA) is 42.0 Å². The van der Waals surface area contributed by atoms with Crippen molar-refractivity contribution in [1.82, 2.24) is 10.3 Å². The first kappa shape index (κ1) is 14.3. The van der Waals surface area contributed by atoms with Crippen LogP contribution in [0.4, 0.5) is 0 Å². The Balaban J connectivity index is 1.98. The van der Waals surface area contributed by atoms with Gasteiger partial charge in [-0.2, -0.15) is 0 Å². The molecule has 0 atom stereocenters. The molecule has 0 aliphatic heterocycles. The molecule has 1 aliphatic carbocycles. The molecule has 19 heavy (non-hydrogen) atoms. The van der Waals surface area contributed by atoms with E-state index in [1.54, 1.807) is 12.1 Å². The molecule has 2 rings (SSSR count). The first-order chi connectivity index (χ1) is 9.15. The zero-order chi connectivity index (χ0) is 13.7. The summed E-state index contributed by atoms with van der Waals surface area (Å²) in [5.41, 5.74) is 1.38. The van der Waals surface area contributed by atoms with Crippen molar-refractivity contribution in [3.8, 4) is 0 Å². The number of carbonyl (C=O) groups excluding carboxylic acids is 1. The highest BCUT2D eigenvalue weighted by Crippen LogP contribution is 2.18. The number of aryl methyl sites for hydroxylation is 1. The number of amides is 1. The lowest BCUT2D eigenvalue weighted by molar-refractivity contribution is 0.0930. The van der Waals surface area contributed by atoms with Crippen LogP contribution < -0.4 is 5.32 Å². The molecule has 1 amide bonds. The Morgan fingerprint density at radius 2 is 1.84 bits per heavy atom. The van der Waals surface area contributed by atoms with Gasteiger partial charge in [0.25, 0.3) is 5.91 Å². The standard InChI is InChI=1S/C15H21ClN2O/c1-11-9-12(10-14(16)17-11)15(19)18-13-7-5-3-2-4-6-8-13/h9-10,13H,2-8H2,1H3,(H,18,19). The van der Waals surface area contributed by atoms with Gasteiger partial charge in [0.2, 0.25) is 0 Å². The van der Waals surface area contributed by atoms with Crippen LogP contribution in [0.25, 0.3) is 0 Å². The van der Waals surface area contributed by atoms with Gasteiger partial charge in [-0.05, 0) is 31.9 Å². The highest BCUT2D eigenvalue weighted by molar-refractivity contribution is 6.29. The Labute approximate surface area is 119 Å². The van der Waals surface area contributed by atoms with Gasteiger partial charge >= 0.3 is 0 Å². The normalized spacial score (nSPS) is 17.6. The molecule has 4 heteroatoms. The third-order valence-electron chi connectivity index (χ3n) is 3.62. The maximum absolute atomic E-state index is 12.2. The molecule has 1 heterocycles. The third kappa shape index (κ3) is 4.50. The van der Waals surface area contributed by atoms with Crippen LogP contribution >= 0.6 is 11.6 Å². The van der Waals surface area contributed by atoms with Crippen LogP contribution in [0.2, 0.25) is 5.15 Å². The largest absolute Gasteiger partial charge is 0.349 e. The Morgan fingerprint density at radius 1 is 1.21 bits per heavy atom. The molecule has 1 aliphatic rings. The highest BCUT2D eigenvalue weighted by Gasteiger charge is 2.15. The summed E-state index contributed by atoms with van der Waals surface area (Å²) in [4.78, 5) is 16.3. The molecule has 1 N–H and O–H groups in total. The van der Waals surface area contributed by atoms with E-state index in [0.29, 0.717) is 16.8 Å². The number of nitrogens with one attached hydrogen (secondary N) is 1. The Bertz CT molecular complexity index is 420. The van der Waals surface area contributed by atoms with Crippen LogP contribution in [0, 0.1) is 6.92 Å². The van der Waals surface area contributed by atoms with E-state index < -0.39 is 0 Å². The molecule has 104 valence electrons. The maximum atomic E-state index is 12.2. The molecule has 1 saturated carbocycles. The van der Waals surface area contributed by atoms with Crippen LogP contribution in [0.1, 0.15) is 61.0 Å². The first-order valence-corrected chi connectivity index (χ1v) is 7.48. The minimum Gasteiger partial charge on any atom is -0.349 e. The van der Waals surface area contributed by atoms with E-state index in [0.717, 1.165) is 18.5 Å². The molecule has 0 spiro atoms. The van der Waals surface area contributed by atoms with E-state index in [-0.39, 0.29) is 5.91 Å². The summed E-state index contributed by atoms with van der Waals surface area (Å²) < 4.78 is 0. The number of rotatable bonds is 2. The molecule has 1 fully saturated rings. The molecule has 1 aromatic rings. The fourth-order valence-corrected chi connectivity index (χ4v) is 2.88. The zero-order valence-electron chi connectivity index (χ0n) is 11.4. The van der Waals surface area contributed by atoms with Gasteiger partial charge in [-0.3, -0.25) is 4.79 Å². The van der Waals surface area contributed by atoms with Gasteiger partial charge in [0.15, 0.2) is 0 Å². The number of pyridine rings is 1. The molecule has 1 aromatic heterocycles. The molecule has 0 bridgehead atoms. The average Bonchev–Trinajstić information content (AvgIpc) is 2.31. The minimum absolute atomic E-state index is 0.0297. The summed E-state index contributed by atoms with van der Waals surface area (Å²) in [5, 5.41) is 3.51. The number of carbonyl (C=O) groups is 1. The van der Waals surface area contributed by atoms with Crippen molar-refractivity contribution < 1.29 is 4.79 Å². The van der Waals surface area contributed by atoms with Crippen LogP contribution in [-0.2, 0) is 0 Å². The summed E-state index contributed by atoms with van der Waals surface area (Å²) in [6.07, 6.45) is 8.49. The SMILES string of the molecule is Cc1cc(C(=O)NC2CCCCCCC2)cc(Cl)n1. The first-order valence-electron chi connectivity index (χ1n) is 7.10. The maximum Gasteiger partial charge on any atom is 0.251 e. The fourth-order valence-electron chi connectivity index (χ4n) is 2.63. The van der Waals surface area contributed by atoms with E-state index in [1.807, 2.05) is 6.92 Å². The Morgan fingerprint density at radius 3 is 2.47 bits per heavy atom. The molecular weight excluding hydrogens is 260 g/mol. The van der Waals surface area contributed by atoms with Crippen LogP contribution in [0.15, 0.2) is 12.1 Å². The molecule has 0 radical (unpaired) electrons. The second kappa shape index (κ2) is 6.90. The predicted molar refractivity (Wildman–Crippen MR) is 77.6 cm³/mol. The Hall–Kier alpha value is -1.09. The van der Waals surface area contributed by atoms with Gasteiger partial charge < -0.3 is 5.32 Å². The smallest absolute Gasteiger partial charge is 0.251 e. The van der Waals surface area contributed by atoms with Gasteiger partial charge in [-0.25, -0.2) is 4.98 Å². The predicted octanol–water partition coefficient (Wildman–Crippen LogP) is 3.89. The van der Waals surface area contributed by atoms with Crippen molar-refractivity contribution in [3.05, 3.63) is 28.5 Å². The number of aromatic nitrogens is 1. The van der Waals surface area contributed by atoms with E-state index in [2.05, 4.69) is 10.3 Å². The molecule has 0 unspecified atom stereocenters. The van der Waals surface area contributed by atoms with Crippen molar-refractivity contribution in [2.75, 3.05) is 0 Å². The van der Waals surface area contributed by atoms with Gasteiger partial charge in [0.1, 0.15) is 5.15 Å². The second-order valence-corrected chi connectivity index (χ2v) is 5.72. The lowest BCUT2D eigenvalue weighted by atomic mass is 9.96. The van der Waals surface area contributed by atoms with E-state index >= 15 is 0 Å². The Kier molecular flexibility index (Phi) is 5.20. The molecule has 0 aromatic carbocycles. The average molecular weight is 281 g/mol. The summed E-state index contributed by atoms with van der Waals surface area (Å²) in [5.74, 6) is -0.0297. The van der Waals surface area contributed by atoms with E-state index in [9.17, 15) is 4.79 Å². The quantitative estimate of drug-likeness (QED) is 0.835. The van der Waals surface area contributed by atoms with E-state index in [4.69, 9.17) is 11.6 Å². The zero-order valence-corrected chi connectivity index (χ0v) is 12.2. The van der Waals surface area contributed by atoms with E-state index in [1.165, 1.54) is 32.1 Å². The number of hydrogen-bond acceptors (Lipinski definition) is 2. The summed E-state index contributed by atoms with van der Waals surface area (Å²) in [6.45, 7) is 1.85. The summed E-state index contributed by atoms with van der Waals surface area (Å²) in [6, 6.07) is 3.72. The van der Waals surface area contributed by atoms with Crippen molar-refractivity contribution >= 4 is 17.5 Å². The van der Waals surface area contributed by atoms with Crippen LogP contribution in [0.5, 0.6) is 0 Å². The number of halogens is 1. The van der Waals surface area contributed by atoms with Gasteiger partial charge in [-0.15, -0.1) is 0 Å². The molecule has 3 nitrogen and oxygen atoms in total. The van der Waals surface area contributed by atoms with Crippen molar-refractivity contribution in [3.63, 3.8) is 0 Å². The van der Waals surface area contributed by atoms with Crippen molar-refractivity contribution in [1.29, 1.82) is 0 Å². The second-order valence-electron chi connectivity index (χ2n) is 5.34. The number of nitrogens with zero attached hydrogens (tertiary/aromatic N) is 1. The minimum atomic E-state index is -0.0297. The number of hydrogen-bond donors (Lipinski definition) is 1. The highest BCUT2D eigenvalue weighted by atomic mass is 35.5. The molecule has 0 saturated heterocycles.